The molecule has 0 aromatic rings. The third-order valence-electron chi connectivity index (χ3n) is 15.8. The number of fused-ring (bicyclic) bond motifs is 4. The summed E-state index contributed by atoms with van der Waals surface area (Å²) in [6.07, 6.45) is 14.4. The lowest BCUT2D eigenvalue weighted by Crippen LogP contribution is -2.55. The van der Waals surface area contributed by atoms with Crippen LogP contribution in [0, 0.1) is 51.2 Å². The van der Waals surface area contributed by atoms with E-state index in [0.29, 0.717) is 40.7 Å². The molecule has 1 N–H and O–H groups in total. The lowest BCUT2D eigenvalue weighted by Gasteiger charge is -2.59. The molecule has 8 aliphatic rings. The van der Waals surface area contributed by atoms with Gasteiger partial charge in [-0.25, -0.2) is 9.59 Å². The van der Waals surface area contributed by atoms with E-state index in [4.69, 9.17) is 14.2 Å². The molecule has 8 nitrogen and oxygen atoms in total. The van der Waals surface area contributed by atoms with Crippen LogP contribution in [-0.2, 0) is 14.2 Å². The summed E-state index contributed by atoms with van der Waals surface area (Å²) in [5.41, 5.74) is 1.26. The molecule has 8 fully saturated rings. The van der Waals surface area contributed by atoms with Crippen LogP contribution in [0.4, 0.5) is 9.59 Å². The van der Waals surface area contributed by atoms with E-state index in [-0.39, 0.29) is 41.8 Å². The van der Waals surface area contributed by atoms with Crippen LogP contribution in [0.25, 0.3) is 0 Å². The normalized spacial score (nSPS) is 45.9. The first kappa shape index (κ1) is 31.7. The van der Waals surface area contributed by atoms with Gasteiger partial charge in [0.15, 0.2) is 0 Å². The minimum absolute atomic E-state index is 0.000955. The van der Waals surface area contributed by atoms with E-state index < -0.39 is 0 Å². The number of amides is 2. The van der Waals surface area contributed by atoms with E-state index in [1.807, 2.05) is 4.90 Å². The molecule has 9 unspecified atom stereocenters. The fraction of sp³-hybridized carbons (Fsp3) is 0.947. The second-order valence-electron chi connectivity index (χ2n) is 18.3. The summed E-state index contributed by atoms with van der Waals surface area (Å²) in [6, 6.07) is 0. The molecular formula is C38H61N3O5. The molecule has 8 rings (SSSR count). The maximum Gasteiger partial charge on any atom is 0.410 e. The highest BCUT2D eigenvalue weighted by Gasteiger charge is 2.81. The average Bonchev–Trinajstić information content (AvgIpc) is 3.53. The quantitative estimate of drug-likeness (QED) is 0.328. The van der Waals surface area contributed by atoms with Crippen LogP contribution in [0.2, 0.25) is 0 Å². The molecule has 0 aromatic heterocycles. The van der Waals surface area contributed by atoms with E-state index in [0.717, 1.165) is 63.8 Å². The lowest BCUT2D eigenvalue weighted by atomic mass is 9.46. The monoisotopic (exact) mass is 639 g/mol. The van der Waals surface area contributed by atoms with Crippen molar-refractivity contribution in [1.29, 1.82) is 0 Å². The highest BCUT2D eigenvalue weighted by molar-refractivity contribution is 5.68. The highest BCUT2D eigenvalue weighted by atomic mass is 16.6. The summed E-state index contributed by atoms with van der Waals surface area (Å²) in [5.74, 6) is 3.02. The van der Waals surface area contributed by atoms with Crippen LogP contribution in [0.3, 0.4) is 0 Å². The molecule has 2 amide bonds. The zero-order valence-corrected chi connectivity index (χ0v) is 29.4. The predicted octanol–water partition coefficient (Wildman–Crippen LogP) is 6.86. The van der Waals surface area contributed by atoms with Crippen molar-refractivity contribution in [2.75, 3.05) is 39.3 Å². The summed E-state index contributed by atoms with van der Waals surface area (Å²) in [7, 11) is 0. The summed E-state index contributed by atoms with van der Waals surface area (Å²) in [6.45, 7) is 17.4. The SMILES string of the molecule is CC(C)C(OC(=O)N1CCC1)C1CCC2C(CC3C4CCC5C(C)(C)[C@@H](OC(=O)NCCN6CCC6)CCC56C[C@@]46CCC23C)O1. The Kier molecular flexibility index (Phi) is 7.75. The van der Waals surface area contributed by atoms with E-state index in [1.54, 1.807) is 0 Å². The van der Waals surface area contributed by atoms with Gasteiger partial charge in [0.25, 0.3) is 0 Å². The van der Waals surface area contributed by atoms with Crippen molar-refractivity contribution in [3.05, 3.63) is 0 Å². The van der Waals surface area contributed by atoms with Gasteiger partial charge in [-0.1, -0.05) is 34.6 Å². The van der Waals surface area contributed by atoms with E-state index in [9.17, 15) is 9.59 Å². The fourth-order valence-corrected chi connectivity index (χ4v) is 13.1. The number of carbonyl (C=O) groups excluding carboxylic acids is 2. The maximum absolute atomic E-state index is 12.9. The third kappa shape index (κ3) is 4.71. The van der Waals surface area contributed by atoms with Gasteiger partial charge in [0.05, 0.1) is 12.2 Å². The number of ether oxygens (including phenoxy) is 3. The van der Waals surface area contributed by atoms with Crippen molar-refractivity contribution in [2.45, 2.75) is 136 Å². The molecule has 3 heterocycles. The lowest BCUT2D eigenvalue weighted by molar-refractivity contribution is -0.151. The first-order chi connectivity index (χ1) is 22.0. The number of nitrogens with zero attached hydrogens (tertiary/aromatic N) is 2. The van der Waals surface area contributed by atoms with Gasteiger partial charge in [0, 0.05) is 31.6 Å². The molecule has 0 aromatic carbocycles. The van der Waals surface area contributed by atoms with Gasteiger partial charge in [-0.05, 0) is 136 Å². The van der Waals surface area contributed by atoms with E-state index >= 15 is 0 Å². The van der Waals surface area contributed by atoms with E-state index in [1.165, 1.54) is 57.8 Å². The number of carbonyl (C=O) groups is 2. The van der Waals surface area contributed by atoms with Crippen LogP contribution in [0.1, 0.15) is 112 Å². The van der Waals surface area contributed by atoms with Crippen LogP contribution >= 0.6 is 0 Å². The van der Waals surface area contributed by atoms with Gasteiger partial charge in [0.1, 0.15) is 12.2 Å². The Morgan fingerprint density at radius 2 is 1.65 bits per heavy atom. The van der Waals surface area contributed by atoms with Crippen LogP contribution < -0.4 is 5.32 Å². The number of hydrogen-bond donors (Lipinski definition) is 1. The molecule has 0 radical (unpaired) electrons. The zero-order chi connectivity index (χ0) is 32.1. The minimum Gasteiger partial charge on any atom is -0.446 e. The first-order valence-corrected chi connectivity index (χ1v) is 19.3. The number of rotatable bonds is 7. The number of likely N-dealkylation sites (tertiary alicyclic amines) is 2. The Hall–Kier alpha value is -1.54. The number of alkyl carbamates (subject to hydrolysis) is 1. The topological polar surface area (TPSA) is 80.3 Å². The van der Waals surface area contributed by atoms with E-state index in [2.05, 4.69) is 44.8 Å². The maximum atomic E-state index is 12.9. The third-order valence-corrected chi connectivity index (χ3v) is 15.8. The average molecular weight is 640 g/mol. The molecule has 3 saturated heterocycles. The smallest absolute Gasteiger partial charge is 0.410 e. The van der Waals surface area contributed by atoms with Crippen LogP contribution in [0.5, 0.6) is 0 Å². The molecule has 8 heteroatoms. The van der Waals surface area contributed by atoms with Crippen molar-refractivity contribution in [2.24, 2.45) is 51.2 Å². The Bertz CT molecular complexity index is 1200. The van der Waals surface area contributed by atoms with Crippen LogP contribution in [0.15, 0.2) is 0 Å². The van der Waals surface area contributed by atoms with Gasteiger partial charge in [-0.15, -0.1) is 0 Å². The molecule has 2 spiro atoms. The van der Waals surface area contributed by atoms with Crippen LogP contribution in [-0.4, -0.2) is 85.7 Å². The fourth-order valence-electron chi connectivity index (χ4n) is 13.1. The molecule has 5 saturated carbocycles. The summed E-state index contributed by atoms with van der Waals surface area (Å²) in [4.78, 5) is 29.9. The summed E-state index contributed by atoms with van der Waals surface area (Å²) >= 11 is 0. The zero-order valence-electron chi connectivity index (χ0n) is 29.4. The van der Waals surface area contributed by atoms with Gasteiger partial charge >= 0.3 is 12.2 Å². The predicted molar refractivity (Wildman–Crippen MR) is 176 cm³/mol. The second-order valence-corrected chi connectivity index (χ2v) is 18.3. The Balaban J connectivity index is 0.929. The summed E-state index contributed by atoms with van der Waals surface area (Å²) in [5, 5.41) is 3.05. The molecular weight excluding hydrogens is 578 g/mol. The minimum atomic E-state index is -0.218. The highest BCUT2D eigenvalue weighted by Crippen LogP contribution is 2.87. The molecule has 46 heavy (non-hydrogen) atoms. The first-order valence-electron chi connectivity index (χ1n) is 19.3. The van der Waals surface area contributed by atoms with Crippen molar-refractivity contribution in [3.8, 4) is 0 Å². The van der Waals surface area contributed by atoms with Gasteiger partial charge in [-0.3, -0.25) is 0 Å². The molecule has 3 aliphatic heterocycles. The van der Waals surface area contributed by atoms with Gasteiger partial charge in [0.2, 0.25) is 0 Å². The van der Waals surface area contributed by atoms with Crippen molar-refractivity contribution >= 4 is 12.2 Å². The Morgan fingerprint density at radius 3 is 2.35 bits per heavy atom. The Labute approximate surface area is 277 Å². The van der Waals surface area contributed by atoms with Gasteiger partial charge < -0.3 is 29.3 Å². The number of nitrogens with one attached hydrogen (secondary N) is 1. The van der Waals surface area contributed by atoms with Crippen molar-refractivity contribution < 1.29 is 23.8 Å². The number of hydrogen-bond acceptors (Lipinski definition) is 6. The Morgan fingerprint density at radius 1 is 0.891 bits per heavy atom. The standard InChI is InChI=1S/C38H61N3O5/c1-24(2)32(46-34(43)41-19-7-20-41)28-10-8-26-29(44-28)22-27-25-9-11-30-35(3,4)31(45-33(42)39-16-21-40-17-6-18-40)12-13-38(30)23-37(25,38)15-14-36(26,27)5/h24-32H,6-23H2,1-5H3,(H,39,42)/t25?,26?,27?,28?,29?,30?,31-,32?,36?,37-,38?/m0/s1. The molecule has 0 bridgehead atoms. The largest absolute Gasteiger partial charge is 0.446 e. The molecule has 258 valence electrons. The van der Waals surface area contributed by atoms with Crippen molar-refractivity contribution in [3.63, 3.8) is 0 Å². The summed E-state index contributed by atoms with van der Waals surface area (Å²) < 4.78 is 19.4. The molecule has 11 atom stereocenters. The molecule has 5 aliphatic carbocycles. The second kappa shape index (κ2) is 11.2. The van der Waals surface area contributed by atoms with Gasteiger partial charge in [-0.2, -0.15) is 0 Å². The van der Waals surface area contributed by atoms with Crippen molar-refractivity contribution in [1.82, 2.24) is 15.1 Å².